The SMILES string of the molecule is COC(=O)[C@@H](c1ccccc1Cl)N1CCN(C(=O)c2ccc(I)cc2)CC1. The fourth-order valence-electron chi connectivity index (χ4n) is 3.24. The van der Waals surface area contributed by atoms with Crippen molar-refractivity contribution in [2.75, 3.05) is 33.3 Å². The smallest absolute Gasteiger partial charge is 0.327 e. The lowest BCUT2D eigenvalue weighted by Crippen LogP contribution is -2.51. The van der Waals surface area contributed by atoms with E-state index in [4.69, 9.17) is 16.3 Å². The zero-order valence-corrected chi connectivity index (χ0v) is 17.8. The van der Waals surface area contributed by atoms with Crippen LogP contribution in [0.25, 0.3) is 0 Å². The van der Waals surface area contributed by atoms with Crippen LogP contribution >= 0.6 is 34.2 Å². The summed E-state index contributed by atoms with van der Waals surface area (Å²) >= 11 is 8.53. The first-order valence-corrected chi connectivity index (χ1v) is 10.1. The predicted molar refractivity (Wildman–Crippen MR) is 113 cm³/mol. The fraction of sp³-hybridized carbons (Fsp3) is 0.300. The molecule has 27 heavy (non-hydrogen) atoms. The van der Waals surface area contributed by atoms with Gasteiger partial charge in [0.1, 0.15) is 6.04 Å². The van der Waals surface area contributed by atoms with Gasteiger partial charge in [-0.25, -0.2) is 4.79 Å². The normalized spacial score (nSPS) is 16.0. The van der Waals surface area contributed by atoms with E-state index in [1.807, 2.05) is 52.3 Å². The second-order valence-electron chi connectivity index (χ2n) is 6.28. The molecule has 5 nitrogen and oxygen atoms in total. The molecular formula is C20H20ClIN2O3. The van der Waals surface area contributed by atoms with Gasteiger partial charge in [-0.3, -0.25) is 9.69 Å². The first-order chi connectivity index (χ1) is 13.0. The van der Waals surface area contributed by atoms with Gasteiger partial charge in [0.05, 0.1) is 7.11 Å². The minimum absolute atomic E-state index is 0.0124. The molecule has 1 heterocycles. The zero-order chi connectivity index (χ0) is 19.4. The highest BCUT2D eigenvalue weighted by molar-refractivity contribution is 14.1. The number of hydrogen-bond donors (Lipinski definition) is 0. The summed E-state index contributed by atoms with van der Waals surface area (Å²) in [6.07, 6.45) is 0. The predicted octanol–water partition coefficient (Wildman–Crippen LogP) is 3.62. The molecule has 0 spiro atoms. The third-order valence-corrected chi connectivity index (χ3v) is 5.75. The van der Waals surface area contributed by atoms with Crippen molar-refractivity contribution in [2.24, 2.45) is 0 Å². The van der Waals surface area contributed by atoms with Crippen molar-refractivity contribution in [2.45, 2.75) is 6.04 Å². The molecule has 1 atom stereocenters. The number of methoxy groups -OCH3 is 1. The molecule has 3 rings (SSSR count). The lowest BCUT2D eigenvalue weighted by atomic mass is 10.0. The maximum Gasteiger partial charge on any atom is 0.327 e. The Morgan fingerprint density at radius 1 is 1.04 bits per heavy atom. The number of benzene rings is 2. The quantitative estimate of drug-likeness (QED) is 0.477. The van der Waals surface area contributed by atoms with Crippen LogP contribution in [0.5, 0.6) is 0 Å². The molecule has 2 aromatic rings. The highest BCUT2D eigenvalue weighted by Gasteiger charge is 2.33. The van der Waals surface area contributed by atoms with Gasteiger partial charge in [-0.15, -0.1) is 0 Å². The Bertz CT molecular complexity index is 820. The summed E-state index contributed by atoms with van der Waals surface area (Å²) in [5, 5.41) is 0.533. The maximum absolute atomic E-state index is 12.7. The van der Waals surface area contributed by atoms with Gasteiger partial charge in [-0.05, 0) is 58.5 Å². The van der Waals surface area contributed by atoms with Crippen molar-refractivity contribution < 1.29 is 14.3 Å². The van der Waals surface area contributed by atoms with E-state index in [0.29, 0.717) is 36.8 Å². The van der Waals surface area contributed by atoms with Crippen LogP contribution in [0.3, 0.4) is 0 Å². The van der Waals surface area contributed by atoms with E-state index in [2.05, 4.69) is 22.6 Å². The summed E-state index contributed by atoms with van der Waals surface area (Å²) in [7, 11) is 1.38. The minimum Gasteiger partial charge on any atom is -0.468 e. The van der Waals surface area contributed by atoms with Crippen LogP contribution in [0.2, 0.25) is 5.02 Å². The van der Waals surface area contributed by atoms with E-state index >= 15 is 0 Å². The summed E-state index contributed by atoms with van der Waals surface area (Å²) in [5.41, 5.74) is 1.41. The number of hydrogen-bond acceptors (Lipinski definition) is 4. The molecule has 1 fully saturated rings. The van der Waals surface area contributed by atoms with Gasteiger partial charge in [0.2, 0.25) is 0 Å². The molecule has 0 aromatic heterocycles. The number of carbonyl (C=O) groups excluding carboxylic acids is 2. The van der Waals surface area contributed by atoms with Gasteiger partial charge >= 0.3 is 5.97 Å². The Labute approximate surface area is 177 Å². The van der Waals surface area contributed by atoms with Crippen LogP contribution in [-0.2, 0) is 9.53 Å². The number of esters is 1. The highest BCUT2D eigenvalue weighted by atomic mass is 127. The lowest BCUT2D eigenvalue weighted by molar-refractivity contribution is -0.148. The Morgan fingerprint density at radius 3 is 2.26 bits per heavy atom. The average Bonchev–Trinajstić information content (AvgIpc) is 2.70. The Morgan fingerprint density at radius 2 is 1.67 bits per heavy atom. The van der Waals surface area contributed by atoms with Crippen LogP contribution < -0.4 is 0 Å². The second kappa shape index (κ2) is 9.03. The molecule has 1 aliphatic heterocycles. The third-order valence-electron chi connectivity index (χ3n) is 4.68. The van der Waals surface area contributed by atoms with Crippen LogP contribution in [-0.4, -0.2) is 55.0 Å². The Hall–Kier alpha value is -1.64. The maximum atomic E-state index is 12.7. The summed E-state index contributed by atoms with van der Waals surface area (Å²) in [4.78, 5) is 29.0. The fourth-order valence-corrected chi connectivity index (χ4v) is 3.84. The lowest BCUT2D eigenvalue weighted by Gasteiger charge is -2.38. The number of halogens is 2. The van der Waals surface area contributed by atoms with E-state index in [9.17, 15) is 9.59 Å². The Kier molecular flexibility index (Phi) is 6.73. The average molecular weight is 499 g/mol. The molecule has 7 heteroatoms. The van der Waals surface area contributed by atoms with Gasteiger partial charge in [0, 0.05) is 40.3 Å². The van der Waals surface area contributed by atoms with Crippen LogP contribution in [0.15, 0.2) is 48.5 Å². The van der Waals surface area contributed by atoms with E-state index in [0.717, 1.165) is 9.13 Å². The number of rotatable bonds is 4. The molecule has 1 amide bonds. The third kappa shape index (κ3) is 4.62. The minimum atomic E-state index is -0.570. The molecule has 0 aliphatic carbocycles. The number of carbonyl (C=O) groups is 2. The monoisotopic (exact) mass is 498 g/mol. The summed E-state index contributed by atoms with van der Waals surface area (Å²) in [6.45, 7) is 2.23. The molecule has 0 N–H and O–H groups in total. The van der Waals surface area contributed by atoms with Crippen LogP contribution in [0.4, 0.5) is 0 Å². The van der Waals surface area contributed by atoms with E-state index in [-0.39, 0.29) is 11.9 Å². The van der Waals surface area contributed by atoms with Gasteiger partial charge < -0.3 is 9.64 Å². The van der Waals surface area contributed by atoms with E-state index in [1.54, 1.807) is 6.07 Å². The van der Waals surface area contributed by atoms with Crippen molar-refractivity contribution in [3.63, 3.8) is 0 Å². The first-order valence-electron chi connectivity index (χ1n) is 8.62. The first kappa shape index (κ1) is 20.1. The summed E-state index contributed by atoms with van der Waals surface area (Å²) in [6, 6.07) is 14.3. The molecule has 0 bridgehead atoms. The number of ether oxygens (including phenoxy) is 1. The largest absolute Gasteiger partial charge is 0.468 e. The second-order valence-corrected chi connectivity index (χ2v) is 7.94. The summed E-state index contributed by atoms with van der Waals surface area (Å²) < 4.78 is 6.10. The molecule has 0 unspecified atom stereocenters. The van der Waals surface area contributed by atoms with Crippen LogP contribution in [0, 0.1) is 3.57 Å². The molecule has 1 aliphatic rings. The van der Waals surface area contributed by atoms with Crippen molar-refractivity contribution in [1.82, 2.24) is 9.80 Å². The molecule has 0 saturated carbocycles. The van der Waals surface area contributed by atoms with E-state index < -0.39 is 6.04 Å². The summed E-state index contributed by atoms with van der Waals surface area (Å²) in [5.74, 6) is -0.334. The number of amides is 1. The van der Waals surface area contributed by atoms with Gasteiger partial charge in [-0.2, -0.15) is 0 Å². The Balaban J connectivity index is 1.72. The topological polar surface area (TPSA) is 49.9 Å². The highest BCUT2D eigenvalue weighted by Crippen LogP contribution is 2.29. The van der Waals surface area contributed by atoms with Gasteiger partial charge in [0.25, 0.3) is 5.91 Å². The van der Waals surface area contributed by atoms with E-state index in [1.165, 1.54) is 7.11 Å². The molecule has 1 saturated heterocycles. The van der Waals surface area contributed by atoms with Crippen molar-refractivity contribution in [1.29, 1.82) is 0 Å². The molecule has 142 valence electrons. The zero-order valence-electron chi connectivity index (χ0n) is 14.9. The van der Waals surface area contributed by atoms with Crippen molar-refractivity contribution >= 4 is 46.1 Å². The molecular weight excluding hydrogens is 479 g/mol. The van der Waals surface area contributed by atoms with Crippen molar-refractivity contribution in [3.05, 3.63) is 68.3 Å². The molecule has 2 aromatic carbocycles. The standard InChI is InChI=1S/C20H20ClIN2O3/c1-27-20(26)18(16-4-2-3-5-17(16)21)23-10-12-24(13-11-23)19(25)14-6-8-15(22)9-7-14/h2-9,18H,10-13H2,1H3/t18-/m1/s1. The van der Waals surface area contributed by atoms with Gasteiger partial charge in [-0.1, -0.05) is 29.8 Å². The molecule has 0 radical (unpaired) electrons. The van der Waals surface area contributed by atoms with Crippen molar-refractivity contribution in [3.8, 4) is 0 Å². The number of piperazine rings is 1. The van der Waals surface area contributed by atoms with Gasteiger partial charge in [0.15, 0.2) is 0 Å². The van der Waals surface area contributed by atoms with Crippen LogP contribution in [0.1, 0.15) is 22.0 Å². The number of nitrogens with zero attached hydrogens (tertiary/aromatic N) is 2.